The van der Waals surface area contributed by atoms with E-state index in [1.807, 2.05) is 0 Å². The molecule has 0 bridgehead atoms. The van der Waals surface area contributed by atoms with Crippen LogP contribution in [-0.2, 0) is 15.6 Å². The molecule has 0 aliphatic heterocycles. The first-order valence-corrected chi connectivity index (χ1v) is 6.59. The maximum atomic E-state index is 11.9. The summed E-state index contributed by atoms with van der Waals surface area (Å²) >= 11 is 0. The van der Waals surface area contributed by atoms with Gasteiger partial charge in [-0.05, 0) is 24.6 Å². The zero-order valence-electron chi connectivity index (χ0n) is 10.1. The number of hydrogen-bond donors (Lipinski definition) is 2. The summed E-state index contributed by atoms with van der Waals surface area (Å²) in [5.41, 5.74) is 6.60. The SMILES string of the molecule is Cc1c(N)cccc1S(=O)CC(=O)NCC(F)(F)F. The average molecular weight is 294 g/mol. The maximum Gasteiger partial charge on any atom is 0.405 e. The Morgan fingerprint density at radius 3 is 2.63 bits per heavy atom. The first kappa shape index (κ1) is 15.5. The molecule has 0 radical (unpaired) electrons. The molecule has 4 nitrogen and oxygen atoms in total. The molecule has 1 aromatic carbocycles. The van der Waals surface area contributed by atoms with Gasteiger partial charge in [0.25, 0.3) is 0 Å². The Morgan fingerprint density at radius 1 is 1.42 bits per heavy atom. The molecule has 1 aromatic rings. The number of anilines is 1. The summed E-state index contributed by atoms with van der Waals surface area (Å²) in [6.45, 7) is 0.204. The largest absolute Gasteiger partial charge is 0.405 e. The molecule has 0 aromatic heterocycles. The van der Waals surface area contributed by atoms with Gasteiger partial charge < -0.3 is 11.1 Å². The number of amides is 1. The molecule has 8 heteroatoms. The van der Waals surface area contributed by atoms with E-state index in [9.17, 15) is 22.2 Å². The van der Waals surface area contributed by atoms with Crippen molar-refractivity contribution in [1.29, 1.82) is 0 Å². The van der Waals surface area contributed by atoms with Crippen molar-refractivity contribution in [2.45, 2.75) is 18.0 Å². The van der Waals surface area contributed by atoms with Crippen LogP contribution in [0.2, 0.25) is 0 Å². The number of carbonyl (C=O) groups excluding carboxylic acids is 1. The number of carbonyl (C=O) groups is 1. The molecule has 3 N–H and O–H groups in total. The molecule has 19 heavy (non-hydrogen) atoms. The summed E-state index contributed by atoms with van der Waals surface area (Å²) in [5.74, 6) is -1.45. The lowest BCUT2D eigenvalue weighted by molar-refractivity contribution is -0.136. The second-order valence-electron chi connectivity index (χ2n) is 3.85. The Bertz CT molecular complexity index is 503. The van der Waals surface area contributed by atoms with Crippen molar-refractivity contribution in [3.05, 3.63) is 23.8 Å². The Kier molecular flexibility index (Phi) is 4.93. The van der Waals surface area contributed by atoms with Crippen molar-refractivity contribution in [3.8, 4) is 0 Å². The molecule has 0 saturated carbocycles. The van der Waals surface area contributed by atoms with Crippen LogP contribution in [0.15, 0.2) is 23.1 Å². The summed E-state index contributed by atoms with van der Waals surface area (Å²) in [7, 11) is -1.72. The lowest BCUT2D eigenvalue weighted by atomic mass is 10.2. The van der Waals surface area contributed by atoms with E-state index < -0.39 is 35.2 Å². The first-order valence-electron chi connectivity index (χ1n) is 5.27. The highest BCUT2D eigenvalue weighted by atomic mass is 32.2. The minimum Gasteiger partial charge on any atom is -0.398 e. The lowest BCUT2D eigenvalue weighted by Gasteiger charge is -2.10. The van der Waals surface area contributed by atoms with Gasteiger partial charge in [0.1, 0.15) is 12.3 Å². The number of nitrogens with one attached hydrogen (secondary N) is 1. The molecule has 106 valence electrons. The molecule has 1 atom stereocenters. The zero-order chi connectivity index (χ0) is 14.6. The summed E-state index contributed by atoms with van der Waals surface area (Å²) < 4.78 is 47.5. The molecule has 1 unspecified atom stereocenters. The van der Waals surface area contributed by atoms with Gasteiger partial charge in [-0.2, -0.15) is 13.2 Å². The molecular formula is C11H13F3N2O2S. The predicted molar refractivity (Wildman–Crippen MR) is 65.9 cm³/mol. The highest BCUT2D eigenvalue weighted by molar-refractivity contribution is 7.85. The van der Waals surface area contributed by atoms with Crippen LogP contribution in [0.5, 0.6) is 0 Å². The monoisotopic (exact) mass is 294 g/mol. The Labute approximate surface area is 110 Å². The van der Waals surface area contributed by atoms with Crippen molar-refractivity contribution in [3.63, 3.8) is 0 Å². The minimum atomic E-state index is -4.48. The fraction of sp³-hybridized carbons (Fsp3) is 0.364. The van der Waals surface area contributed by atoms with Crippen LogP contribution in [0, 0.1) is 6.92 Å². The number of hydrogen-bond acceptors (Lipinski definition) is 3. The van der Waals surface area contributed by atoms with E-state index in [-0.39, 0.29) is 0 Å². The van der Waals surface area contributed by atoms with E-state index in [2.05, 4.69) is 0 Å². The molecule has 1 rings (SSSR count). The maximum absolute atomic E-state index is 11.9. The van der Waals surface area contributed by atoms with E-state index >= 15 is 0 Å². The van der Waals surface area contributed by atoms with E-state index in [4.69, 9.17) is 5.73 Å². The van der Waals surface area contributed by atoms with Crippen molar-refractivity contribution < 1.29 is 22.2 Å². The van der Waals surface area contributed by atoms with Crippen molar-refractivity contribution in [1.82, 2.24) is 5.32 Å². The molecule has 0 saturated heterocycles. The molecule has 0 heterocycles. The summed E-state index contributed by atoms with van der Waals surface area (Å²) in [5, 5.41) is 1.67. The van der Waals surface area contributed by atoms with Gasteiger partial charge in [0.05, 0.1) is 10.8 Å². The number of halogens is 3. The third-order valence-corrected chi connectivity index (χ3v) is 3.78. The van der Waals surface area contributed by atoms with Crippen LogP contribution in [0.1, 0.15) is 5.56 Å². The van der Waals surface area contributed by atoms with Gasteiger partial charge in [0, 0.05) is 10.6 Å². The number of rotatable bonds is 4. The first-order chi connectivity index (χ1) is 8.70. The molecule has 0 aliphatic rings. The molecular weight excluding hydrogens is 281 g/mol. The van der Waals surface area contributed by atoms with Gasteiger partial charge >= 0.3 is 6.18 Å². The van der Waals surface area contributed by atoms with Crippen LogP contribution in [-0.4, -0.2) is 28.6 Å². The predicted octanol–water partition coefficient (Wildman–Crippen LogP) is 1.36. The lowest BCUT2D eigenvalue weighted by Crippen LogP contribution is -2.36. The topological polar surface area (TPSA) is 72.2 Å². The average Bonchev–Trinajstić information content (AvgIpc) is 2.29. The van der Waals surface area contributed by atoms with Crippen LogP contribution in [0.3, 0.4) is 0 Å². The standard InChI is InChI=1S/C11H13F3N2O2S/c1-7-8(15)3-2-4-9(7)19(18)5-10(17)16-6-11(12,13)14/h2-4H,5-6,15H2,1H3,(H,16,17). The third-order valence-electron chi connectivity index (χ3n) is 2.32. The second-order valence-corrected chi connectivity index (χ2v) is 5.27. The van der Waals surface area contributed by atoms with E-state index in [1.165, 1.54) is 6.07 Å². The number of benzene rings is 1. The van der Waals surface area contributed by atoms with Gasteiger partial charge in [-0.1, -0.05) is 6.07 Å². The molecule has 0 aliphatic carbocycles. The number of alkyl halides is 3. The molecule has 0 spiro atoms. The summed E-state index contributed by atoms with van der Waals surface area (Å²) in [6.07, 6.45) is -4.48. The van der Waals surface area contributed by atoms with E-state index in [0.29, 0.717) is 16.1 Å². The fourth-order valence-electron chi connectivity index (χ4n) is 1.32. The number of nitrogen functional groups attached to an aromatic ring is 1. The smallest absolute Gasteiger partial charge is 0.398 e. The highest BCUT2D eigenvalue weighted by Crippen LogP contribution is 2.19. The quantitative estimate of drug-likeness (QED) is 0.824. The Morgan fingerprint density at radius 2 is 2.05 bits per heavy atom. The van der Waals surface area contributed by atoms with Gasteiger partial charge in [-0.15, -0.1) is 0 Å². The van der Waals surface area contributed by atoms with Crippen molar-refractivity contribution in [2.75, 3.05) is 18.0 Å². The van der Waals surface area contributed by atoms with Gasteiger partial charge in [-0.3, -0.25) is 9.00 Å². The van der Waals surface area contributed by atoms with Gasteiger partial charge in [-0.25, -0.2) is 0 Å². The molecule has 1 amide bonds. The van der Waals surface area contributed by atoms with Crippen LogP contribution < -0.4 is 11.1 Å². The van der Waals surface area contributed by atoms with Crippen molar-refractivity contribution >= 4 is 22.4 Å². The van der Waals surface area contributed by atoms with Gasteiger partial charge in [0.2, 0.25) is 5.91 Å². The van der Waals surface area contributed by atoms with Crippen LogP contribution >= 0.6 is 0 Å². The minimum absolute atomic E-state index is 0.349. The number of nitrogens with two attached hydrogens (primary N) is 1. The second kappa shape index (κ2) is 6.05. The Hall–Kier alpha value is -1.57. The van der Waals surface area contributed by atoms with E-state index in [1.54, 1.807) is 24.4 Å². The normalized spacial score (nSPS) is 13.1. The highest BCUT2D eigenvalue weighted by Gasteiger charge is 2.28. The van der Waals surface area contributed by atoms with E-state index in [0.717, 1.165) is 0 Å². The van der Waals surface area contributed by atoms with Crippen LogP contribution in [0.4, 0.5) is 18.9 Å². The fourth-order valence-corrected chi connectivity index (χ4v) is 2.51. The summed E-state index contributed by atoms with van der Waals surface area (Å²) in [6, 6.07) is 4.71. The molecule has 0 fully saturated rings. The van der Waals surface area contributed by atoms with Crippen molar-refractivity contribution in [2.24, 2.45) is 0 Å². The van der Waals surface area contributed by atoms with Crippen LogP contribution in [0.25, 0.3) is 0 Å². The van der Waals surface area contributed by atoms with Gasteiger partial charge in [0.15, 0.2) is 0 Å². The summed E-state index contributed by atoms with van der Waals surface area (Å²) in [4.78, 5) is 11.6. The zero-order valence-corrected chi connectivity index (χ0v) is 10.9. The Balaban J connectivity index is 2.65. The third kappa shape index (κ3) is 4.90.